The molecule has 3 atom stereocenters. The highest BCUT2D eigenvalue weighted by Gasteiger charge is 2.24. The summed E-state index contributed by atoms with van der Waals surface area (Å²) in [4.78, 5) is 26.2. The van der Waals surface area contributed by atoms with Crippen LogP contribution in [0.25, 0.3) is 0 Å². The van der Waals surface area contributed by atoms with Gasteiger partial charge >= 0.3 is 5.97 Å². The van der Waals surface area contributed by atoms with Gasteiger partial charge in [0.15, 0.2) is 0 Å². The summed E-state index contributed by atoms with van der Waals surface area (Å²) >= 11 is 0. The van der Waals surface area contributed by atoms with Crippen LogP contribution in [-0.4, -0.2) is 46.9 Å². The van der Waals surface area contributed by atoms with E-state index in [0.29, 0.717) is 19.3 Å². The molecule has 6 nitrogen and oxygen atoms in total. The highest BCUT2D eigenvalue weighted by molar-refractivity contribution is 5.77. The number of ether oxygens (including phenoxy) is 1. The van der Waals surface area contributed by atoms with E-state index in [1.54, 1.807) is 0 Å². The van der Waals surface area contributed by atoms with Gasteiger partial charge in [-0.3, -0.25) is 9.59 Å². The quantitative estimate of drug-likeness (QED) is 0.0321. The lowest BCUT2D eigenvalue weighted by molar-refractivity contribution is -0.151. The smallest absolute Gasteiger partial charge is 0.306 e. The Hall–Kier alpha value is -2.44. The number of hydrogen-bond donors (Lipinski definition) is 3. The van der Waals surface area contributed by atoms with Gasteiger partial charge in [0.2, 0.25) is 5.91 Å². The van der Waals surface area contributed by atoms with Crippen molar-refractivity contribution in [3.63, 3.8) is 0 Å². The molecule has 0 bridgehead atoms. The lowest BCUT2D eigenvalue weighted by atomic mass is 10.0. The zero-order chi connectivity index (χ0) is 45.9. The third-order valence-corrected chi connectivity index (χ3v) is 12.1. The van der Waals surface area contributed by atoms with Crippen molar-refractivity contribution in [3.8, 4) is 0 Å². The third kappa shape index (κ3) is 45.9. The summed E-state index contributed by atoms with van der Waals surface area (Å²) < 4.78 is 5.91. The van der Waals surface area contributed by atoms with Crippen molar-refractivity contribution in [1.29, 1.82) is 0 Å². The average Bonchev–Trinajstić information content (AvgIpc) is 3.28. The predicted octanol–water partition coefficient (Wildman–Crippen LogP) is 16.4. The van der Waals surface area contributed by atoms with E-state index in [9.17, 15) is 19.8 Å². The summed E-state index contributed by atoms with van der Waals surface area (Å²) in [6, 6.07) is -0.723. The molecule has 6 heteroatoms. The topological polar surface area (TPSA) is 95.9 Å². The van der Waals surface area contributed by atoms with E-state index in [1.807, 2.05) is 0 Å². The van der Waals surface area contributed by atoms with Crippen LogP contribution >= 0.6 is 0 Å². The maximum Gasteiger partial charge on any atom is 0.306 e. The molecule has 0 radical (unpaired) electrons. The number of aliphatic hydroxyl groups is 2. The minimum atomic E-state index is -0.805. The van der Waals surface area contributed by atoms with Crippen LogP contribution in [-0.2, 0) is 14.3 Å². The summed E-state index contributed by atoms with van der Waals surface area (Å²) in [5.41, 5.74) is 0. The van der Waals surface area contributed by atoms with E-state index in [-0.39, 0.29) is 24.9 Å². The fourth-order valence-corrected chi connectivity index (χ4v) is 7.94. The Balaban J connectivity index is 4.71. The van der Waals surface area contributed by atoms with E-state index in [4.69, 9.17) is 4.74 Å². The SMILES string of the molecule is CCCCC/C=C\C/C=C\C/C=C\C/C=C\CCCC(CC(=O)NC(CO)C(O)CCCCCCCCCCCCCCC)OC(=O)CCCCC/C=C\CCCCCCCCC. The Labute approximate surface area is 390 Å². The predicted molar refractivity (Wildman–Crippen MR) is 273 cm³/mol. The minimum Gasteiger partial charge on any atom is -0.462 e. The number of nitrogens with one attached hydrogen (secondary N) is 1. The molecular formula is C57H103NO5. The first-order valence-corrected chi connectivity index (χ1v) is 27.0. The molecule has 1 amide bonds. The fraction of sp³-hybridized carbons (Fsp3) is 0.789. The van der Waals surface area contributed by atoms with Crippen LogP contribution < -0.4 is 5.32 Å². The molecular weight excluding hydrogens is 779 g/mol. The van der Waals surface area contributed by atoms with Crippen molar-refractivity contribution in [2.24, 2.45) is 0 Å². The monoisotopic (exact) mass is 882 g/mol. The second-order valence-corrected chi connectivity index (χ2v) is 18.3. The molecule has 0 aromatic rings. The molecule has 0 heterocycles. The molecule has 0 spiro atoms. The molecule has 0 fully saturated rings. The van der Waals surface area contributed by atoms with Gasteiger partial charge in [0.05, 0.1) is 25.2 Å². The standard InChI is InChI=1S/C57H103NO5/c1-4-7-10-13-16-19-22-25-27-28-29-31-33-36-39-42-45-48-53(63-57(62)50-47-44-41-38-35-32-26-23-20-17-14-11-8-5-2)51-56(61)58-54(52-59)55(60)49-46-43-40-37-34-30-24-21-18-15-12-9-6-3/h16,19,25,27,29,31-32,35-36,39,53-55,59-60H,4-15,17-18,20-24,26,28,30,33-34,37-38,40-52H2,1-3H3,(H,58,61)/b19-16-,27-25-,31-29-,35-32-,39-36-. The lowest BCUT2D eigenvalue weighted by Crippen LogP contribution is -2.46. The summed E-state index contributed by atoms with van der Waals surface area (Å²) in [6.45, 7) is 6.44. The van der Waals surface area contributed by atoms with Crippen LogP contribution in [0.1, 0.15) is 265 Å². The molecule has 0 rings (SSSR count). The minimum absolute atomic E-state index is 0.0336. The first-order chi connectivity index (χ1) is 31.0. The Morgan fingerprint density at radius 2 is 0.825 bits per heavy atom. The van der Waals surface area contributed by atoms with Crippen LogP contribution in [0.15, 0.2) is 60.8 Å². The van der Waals surface area contributed by atoms with Gasteiger partial charge in [-0.15, -0.1) is 0 Å². The first-order valence-electron chi connectivity index (χ1n) is 27.0. The highest BCUT2D eigenvalue weighted by Crippen LogP contribution is 2.17. The van der Waals surface area contributed by atoms with Gasteiger partial charge in [-0.1, -0.05) is 223 Å². The molecule has 366 valence electrons. The largest absolute Gasteiger partial charge is 0.462 e. The fourth-order valence-electron chi connectivity index (χ4n) is 7.94. The van der Waals surface area contributed by atoms with E-state index in [0.717, 1.165) is 83.5 Å². The highest BCUT2D eigenvalue weighted by atomic mass is 16.5. The summed E-state index contributed by atoms with van der Waals surface area (Å²) in [7, 11) is 0. The number of esters is 1. The second kappa shape index (κ2) is 50.6. The number of hydrogen-bond acceptors (Lipinski definition) is 5. The Kier molecular flexibility index (Phi) is 48.6. The molecule has 63 heavy (non-hydrogen) atoms. The van der Waals surface area contributed by atoms with Gasteiger partial charge in [0.1, 0.15) is 6.10 Å². The maximum absolute atomic E-state index is 13.2. The van der Waals surface area contributed by atoms with Crippen LogP contribution in [0, 0.1) is 0 Å². The normalized spacial score (nSPS) is 13.7. The Bertz CT molecular complexity index is 1130. The lowest BCUT2D eigenvalue weighted by Gasteiger charge is -2.24. The number of carbonyl (C=O) groups excluding carboxylic acids is 2. The number of aliphatic hydroxyl groups excluding tert-OH is 2. The molecule has 0 aliphatic rings. The molecule has 0 aliphatic carbocycles. The van der Waals surface area contributed by atoms with E-state index in [2.05, 4.69) is 86.8 Å². The van der Waals surface area contributed by atoms with Crippen molar-refractivity contribution in [3.05, 3.63) is 60.8 Å². The Morgan fingerprint density at radius 1 is 0.460 bits per heavy atom. The second-order valence-electron chi connectivity index (χ2n) is 18.3. The van der Waals surface area contributed by atoms with Crippen LogP contribution in [0.4, 0.5) is 0 Å². The van der Waals surface area contributed by atoms with E-state index in [1.165, 1.54) is 135 Å². The van der Waals surface area contributed by atoms with E-state index < -0.39 is 18.2 Å². The van der Waals surface area contributed by atoms with Gasteiger partial charge in [0.25, 0.3) is 0 Å². The van der Waals surface area contributed by atoms with E-state index >= 15 is 0 Å². The number of rotatable bonds is 48. The Morgan fingerprint density at radius 3 is 1.30 bits per heavy atom. The molecule has 0 saturated heterocycles. The summed E-state index contributed by atoms with van der Waals surface area (Å²) in [5.74, 6) is -0.543. The zero-order valence-electron chi connectivity index (χ0n) is 41.7. The number of unbranched alkanes of at least 4 members (excludes halogenated alkanes) is 26. The van der Waals surface area contributed by atoms with Crippen LogP contribution in [0.3, 0.4) is 0 Å². The van der Waals surface area contributed by atoms with Crippen molar-refractivity contribution >= 4 is 11.9 Å². The zero-order valence-corrected chi connectivity index (χ0v) is 41.7. The third-order valence-electron chi connectivity index (χ3n) is 12.1. The average molecular weight is 882 g/mol. The molecule has 0 saturated carbocycles. The molecule has 3 unspecified atom stereocenters. The summed E-state index contributed by atoms with van der Waals surface area (Å²) in [5, 5.41) is 23.8. The number of allylic oxidation sites excluding steroid dienone is 10. The van der Waals surface area contributed by atoms with Gasteiger partial charge in [-0.2, -0.15) is 0 Å². The van der Waals surface area contributed by atoms with Gasteiger partial charge in [-0.25, -0.2) is 0 Å². The number of amides is 1. The molecule has 0 aliphatic heterocycles. The molecule has 0 aromatic carbocycles. The van der Waals surface area contributed by atoms with Crippen molar-refractivity contribution < 1.29 is 24.5 Å². The van der Waals surface area contributed by atoms with Crippen LogP contribution in [0.2, 0.25) is 0 Å². The van der Waals surface area contributed by atoms with Gasteiger partial charge < -0.3 is 20.3 Å². The van der Waals surface area contributed by atoms with Crippen LogP contribution in [0.5, 0.6) is 0 Å². The van der Waals surface area contributed by atoms with Gasteiger partial charge in [-0.05, 0) is 89.9 Å². The summed E-state index contributed by atoms with van der Waals surface area (Å²) in [6.07, 6.45) is 62.8. The number of carbonyl (C=O) groups is 2. The van der Waals surface area contributed by atoms with Crippen molar-refractivity contribution in [2.45, 2.75) is 283 Å². The molecule has 0 aromatic heterocycles. The van der Waals surface area contributed by atoms with Crippen molar-refractivity contribution in [1.82, 2.24) is 5.32 Å². The molecule has 3 N–H and O–H groups in total. The first kappa shape index (κ1) is 60.6. The van der Waals surface area contributed by atoms with Gasteiger partial charge in [0, 0.05) is 6.42 Å². The maximum atomic E-state index is 13.2. The van der Waals surface area contributed by atoms with Crippen molar-refractivity contribution in [2.75, 3.05) is 6.61 Å².